The van der Waals surface area contributed by atoms with Gasteiger partial charge in [-0.3, -0.25) is 4.79 Å². The molecule has 0 aliphatic heterocycles. The molecule has 0 amide bonds. The largest absolute Gasteiger partial charge is 0.373 e. The number of aromatic nitrogens is 4. The molecular formula is C12H13N5OS. The summed E-state index contributed by atoms with van der Waals surface area (Å²) < 4.78 is 0. The number of nitrogens with zero attached hydrogens (tertiary/aromatic N) is 3. The standard InChI is InChI=1S/C12H13N5OS/c1-13-8-6-10(17-11(15-8)7-2-3-7)19-12-14-5-4-9(18)16-12/h4-7H,2-3H2,1H3,(H,13,15,17)(H,14,16,18). The molecule has 2 aromatic rings. The van der Waals surface area contributed by atoms with Crippen LogP contribution >= 0.6 is 11.8 Å². The Morgan fingerprint density at radius 3 is 2.95 bits per heavy atom. The summed E-state index contributed by atoms with van der Waals surface area (Å²) in [4.78, 5) is 27.0. The van der Waals surface area contributed by atoms with Crippen LogP contribution in [0.4, 0.5) is 5.82 Å². The van der Waals surface area contributed by atoms with Crippen LogP contribution in [0.2, 0.25) is 0 Å². The van der Waals surface area contributed by atoms with E-state index in [1.807, 2.05) is 13.1 Å². The van der Waals surface area contributed by atoms with Crippen molar-refractivity contribution in [2.45, 2.75) is 28.9 Å². The van der Waals surface area contributed by atoms with Crippen molar-refractivity contribution >= 4 is 17.6 Å². The van der Waals surface area contributed by atoms with Gasteiger partial charge in [0.2, 0.25) is 0 Å². The molecule has 7 heteroatoms. The molecule has 1 saturated carbocycles. The summed E-state index contributed by atoms with van der Waals surface area (Å²) in [5, 5.41) is 4.36. The first-order valence-corrected chi connectivity index (χ1v) is 6.86. The molecule has 0 aromatic carbocycles. The predicted molar refractivity (Wildman–Crippen MR) is 72.5 cm³/mol. The molecule has 1 aliphatic rings. The fourth-order valence-corrected chi connectivity index (χ4v) is 2.42. The number of anilines is 1. The molecule has 98 valence electrons. The van der Waals surface area contributed by atoms with E-state index in [1.165, 1.54) is 24.0 Å². The van der Waals surface area contributed by atoms with Gasteiger partial charge in [0, 0.05) is 31.3 Å². The summed E-state index contributed by atoms with van der Waals surface area (Å²) in [6.07, 6.45) is 3.79. The molecule has 1 fully saturated rings. The highest BCUT2D eigenvalue weighted by Crippen LogP contribution is 2.39. The SMILES string of the molecule is CNc1cc(Sc2nccc(=O)[nH]2)nc(C2CC2)n1. The van der Waals surface area contributed by atoms with E-state index in [-0.39, 0.29) is 5.56 Å². The van der Waals surface area contributed by atoms with Gasteiger partial charge in [0.25, 0.3) is 5.56 Å². The summed E-state index contributed by atoms with van der Waals surface area (Å²) in [5.74, 6) is 2.14. The van der Waals surface area contributed by atoms with E-state index in [9.17, 15) is 4.79 Å². The maximum absolute atomic E-state index is 11.2. The minimum atomic E-state index is -0.164. The monoisotopic (exact) mass is 275 g/mol. The normalized spacial score (nSPS) is 14.4. The quantitative estimate of drug-likeness (QED) is 0.652. The molecule has 19 heavy (non-hydrogen) atoms. The van der Waals surface area contributed by atoms with Crippen LogP contribution < -0.4 is 10.9 Å². The van der Waals surface area contributed by atoms with Gasteiger partial charge in [0.05, 0.1) is 0 Å². The Morgan fingerprint density at radius 1 is 1.42 bits per heavy atom. The Labute approximate surface area is 114 Å². The van der Waals surface area contributed by atoms with Gasteiger partial charge >= 0.3 is 0 Å². The minimum absolute atomic E-state index is 0.164. The Bertz CT molecular complexity index is 653. The average molecular weight is 275 g/mol. The number of aromatic amines is 1. The van der Waals surface area contributed by atoms with Crippen molar-refractivity contribution in [3.8, 4) is 0 Å². The average Bonchev–Trinajstić information content (AvgIpc) is 3.22. The van der Waals surface area contributed by atoms with Gasteiger partial charge in [0.1, 0.15) is 16.7 Å². The Kier molecular flexibility index (Phi) is 3.20. The zero-order valence-electron chi connectivity index (χ0n) is 10.4. The summed E-state index contributed by atoms with van der Waals surface area (Å²) in [6, 6.07) is 3.24. The van der Waals surface area contributed by atoms with Crippen LogP contribution in [0.25, 0.3) is 0 Å². The molecular weight excluding hydrogens is 262 g/mol. The van der Waals surface area contributed by atoms with Crippen LogP contribution in [0, 0.1) is 0 Å². The zero-order valence-corrected chi connectivity index (χ0v) is 11.2. The summed E-state index contributed by atoms with van der Waals surface area (Å²) in [6.45, 7) is 0. The first kappa shape index (κ1) is 12.2. The number of hydrogen-bond acceptors (Lipinski definition) is 6. The first-order valence-electron chi connectivity index (χ1n) is 6.04. The lowest BCUT2D eigenvalue weighted by molar-refractivity contribution is 0.873. The van der Waals surface area contributed by atoms with Gasteiger partial charge < -0.3 is 10.3 Å². The number of nitrogens with one attached hydrogen (secondary N) is 2. The van der Waals surface area contributed by atoms with Crippen LogP contribution in [0.1, 0.15) is 24.6 Å². The lowest BCUT2D eigenvalue weighted by Crippen LogP contribution is -2.06. The molecule has 2 aromatic heterocycles. The van der Waals surface area contributed by atoms with E-state index in [1.54, 1.807) is 0 Å². The molecule has 0 saturated heterocycles. The Balaban J connectivity index is 1.91. The molecule has 2 heterocycles. The van der Waals surface area contributed by atoms with Crippen molar-refractivity contribution in [1.82, 2.24) is 19.9 Å². The van der Waals surface area contributed by atoms with Crippen LogP contribution in [-0.4, -0.2) is 27.0 Å². The van der Waals surface area contributed by atoms with Gasteiger partial charge in [-0.05, 0) is 24.6 Å². The highest BCUT2D eigenvalue weighted by molar-refractivity contribution is 7.99. The highest BCUT2D eigenvalue weighted by Gasteiger charge is 2.27. The fraction of sp³-hybridized carbons (Fsp3) is 0.333. The maximum Gasteiger partial charge on any atom is 0.251 e. The summed E-state index contributed by atoms with van der Waals surface area (Å²) in [7, 11) is 1.83. The minimum Gasteiger partial charge on any atom is -0.373 e. The van der Waals surface area contributed by atoms with E-state index < -0.39 is 0 Å². The molecule has 0 bridgehead atoms. The van der Waals surface area contributed by atoms with Gasteiger partial charge in [-0.25, -0.2) is 15.0 Å². The molecule has 0 spiro atoms. The van der Waals surface area contributed by atoms with Gasteiger partial charge in [-0.1, -0.05) is 0 Å². The Hall–Kier alpha value is -1.89. The summed E-state index contributed by atoms with van der Waals surface area (Å²) in [5.41, 5.74) is -0.164. The van der Waals surface area contributed by atoms with Crippen LogP contribution in [0.15, 0.2) is 33.3 Å². The number of hydrogen-bond donors (Lipinski definition) is 2. The highest BCUT2D eigenvalue weighted by atomic mass is 32.2. The van der Waals surface area contributed by atoms with E-state index in [0.29, 0.717) is 11.1 Å². The topological polar surface area (TPSA) is 83.6 Å². The number of rotatable bonds is 4. The van der Waals surface area contributed by atoms with Gasteiger partial charge in [-0.15, -0.1) is 0 Å². The zero-order chi connectivity index (χ0) is 13.2. The molecule has 3 rings (SSSR count). The van der Waals surface area contributed by atoms with E-state index in [4.69, 9.17) is 0 Å². The van der Waals surface area contributed by atoms with Crippen LogP contribution in [-0.2, 0) is 0 Å². The van der Waals surface area contributed by atoms with Crippen LogP contribution in [0.5, 0.6) is 0 Å². The molecule has 2 N–H and O–H groups in total. The van der Waals surface area contributed by atoms with Crippen molar-refractivity contribution in [3.63, 3.8) is 0 Å². The second-order valence-electron chi connectivity index (χ2n) is 4.32. The van der Waals surface area contributed by atoms with E-state index in [0.717, 1.165) is 29.5 Å². The molecule has 6 nitrogen and oxygen atoms in total. The van der Waals surface area contributed by atoms with Crippen molar-refractivity contribution < 1.29 is 0 Å². The van der Waals surface area contributed by atoms with Crippen LogP contribution in [0.3, 0.4) is 0 Å². The van der Waals surface area contributed by atoms with E-state index in [2.05, 4.69) is 25.3 Å². The second-order valence-corrected chi connectivity index (χ2v) is 5.32. The lowest BCUT2D eigenvalue weighted by Gasteiger charge is -2.06. The van der Waals surface area contributed by atoms with Crippen molar-refractivity contribution in [2.24, 2.45) is 0 Å². The third-order valence-corrected chi connectivity index (χ3v) is 3.59. The van der Waals surface area contributed by atoms with Crippen molar-refractivity contribution in [2.75, 3.05) is 12.4 Å². The number of H-pyrrole nitrogens is 1. The van der Waals surface area contributed by atoms with E-state index >= 15 is 0 Å². The molecule has 0 unspecified atom stereocenters. The first-order chi connectivity index (χ1) is 9.24. The van der Waals surface area contributed by atoms with Crippen molar-refractivity contribution in [3.05, 3.63) is 34.5 Å². The lowest BCUT2D eigenvalue weighted by atomic mass is 10.4. The fourth-order valence-electron chi connectivity index (χ4n) is 1.65. The summed E-state index contributed by atoms with van der Waals surface area (Å²) >= 11 is 1.33. The third kappa shape index (κ3) is 2.93. The third-order valence-electron chi connectivity index (χ3n) is 2.77. The van der Waals surface area contributed by atoms with Crippen molar-refractivity contribution in [1.29, 1.82) is 0 Å². The smallest absolute Gasteiger partial charge is 0.251 e. The molecule has 0 radical (unpaired) electrons. The van der Waals surface area contributed by atoms with Gasteiger partial charge in [-0.2, -0.15) is 0 Å². The predicted octanol–water partition coefficient (Wildman–Crippen LogP) is 1.63. The van der Waals surface area contributed by atoms with Gasteiger partial charge in [0.15, 0.2) is 5.16 Å². The second kappa shape index (κ2) is 5.00. The maximum atomic E-state index is 11.2. The molecule has 1 aliphatic carbocycles. The molecule has 0 atom stereocenters. The Morgan fingerprint density at radius 2 is 2.26 bits per heavy atom.